The van der Waals surface area contributed by atoms with Gasteiger partial charge >= 0.3 is 0 Å². The molecule has 1 atom stereocenters. The number of benzene rings is 1. The first-order valence-corrected chi connectivity index (χ1v) is 7.54. The highest BCUT2D eigenvalue weighted by atomic mass is 15.1. The highest BCUT2D eigenvalue weighted by molar-refractivity contribution is 5.28. The van der Waals surface area contributed by atoms with Crippen molar-refractivity contribution >= 4 is 0 Å². The molecule has 1 aromatic heterocycles. The topological polar surface area (TPSA) is 29.9 Å². The summed E-state index contributed by atoms with van der Waals surface area (Å²) in [7, 11) is 2.02. The lowest BCUT2D eigenvalue weighted by Gasteiger charge is -2.15. The van der Waals surface area contributed by atoms with Crippen molar-refractivity contribution in [1.29, 1.82) is 0 Å². The Morgan fingerprint density at radius 3 is 2.85 bits per heavy atom. The van der Waals surface area contributed by atoms with Crippen molar-refractivity contribution in [2.75, 3.05) is 7.05 Å². The molecular formula is C17H25N3. The van der Waals surface area contributed by atoms with Crippen LogP contribution in [0.5, 0.6) is 0 Å². The summed E-state index contributed by atoms with van der Waals surface area (Å²) in [4.78, 5) is 4.49. The van der Waals surface area contributed by atoms with Crippen LogP contribution in [0.25, 0.3) is 0 Å². The fourth-order valence-electron chi connectivity index (χ4n) is 2.66. The average Bonchev–Trinajstić information content (AvgIpc) is 2.88. The molecule has 3 heteroatoms. The van der Waals surface area contributed by atoms with Crippen LogP contribution in [-0.2, 0) is 13.0 Å². The number of aromatic nitrogens is 2. The van der Waals surface area contributed by atoms with E-state index < -0.39 is 0 Å². The number of nitrogens with one attached hydrogen (secondary N) is 1. The fourth-order valence-corrected chi connectivity index (χ4v) is 2.66. The minimum absolute atomic E-state index is 0.435. The summed E-state index contributed by atoms with van der Waals surface area (Å²) in [6.45, 7) is 5.45. The Hall–Kier alpha value is -1.61. The average molecular weight is 271 g/mol. The molecule has 0 bridgehead atoms. The molecule has 20 heavy (non-hydrogen) atoms. The molecule has 3 nitrogen and oxygen atoms in total. The third kappa shape index (κ3) is 3.48. The van der Waals surface area contributed by atoms with Gasteiger partial charge in [0.05, 0.1) is 0 Å². The van der Waals surface area contributed by atoms with E-state index in [1.54, 1.807) is 0 Å². The van der Waals surface area contributed by atoms with Crippen LogP contribution < -0.4 is 5.32 Å². The molecule has 0 radical (unpaired) electrons. The van der Waals surface area contributed by atoms with E-state index in [1.165, 1.54) is 11.1 Å². The molecule has 0 aliphatic rings. The molecule has 1 N–H and O–H groups in total. The van der Waals surface area contributed by atoms with E-state index in [-0.39, 0.29) is 0 Å². The first kappa shape index (κ1) is 14.8. The molecule has 0 aliphatic carbocycles. The summed E-state index contributed by atoms with van der Waals surface area (Å²) < 4.78 is 2.25. The van der Waals surface area contributed by atoms with Crippen LogP contribution in [0.15, 0.2) is 36.7 Å². The van der Waals surface area contributed by atoms with Crippen molar-refractivity contribution < 1.29 is 0 Å². The molecule has 0 saturated heterocycles. The Morgan fingerprint density at radius 2 is 2.15 bits per heavy atom. The van der Waals surface area contributed by atoms with Crippen molar-refractivity contribution in [2.45, 2.75) is 45.7 Å². The molecule has 0 aliphatic heterocycles. The van der Waals surface area contributed by atoms with E-state index in [1.807, 2.05) is 13.2 Å². The van der Waals surface area contributed by atoms with E-state index in [0.717, 1.165) is 31.6 Å². The van der Waals surface area contributed by atoms with Crippen LogP contribution in [-0.4, -0.2) is 16.6 Å². The quantitative estimate of drug-likeness (QED) is 0.834. The maximum Gasteiger partial charge on any atom is 0.113 e. The second-order valence-corrected chi connectivity index (χ2v) is 5.21. The SMILES string of the molecule is CCCn1ccnc1Cc1cccc(C(CC)NC)c1. The van der Waals surface area contributed by atoms with Gasteiger partial charge in [-0.3, -0.25) is 0 Å². The largest absolute Gasteiger partial charge is 0.335 e. The minimum atomic E-state index is 0.435. The lowest BCUT2D eigenvalue weighted by molar-refractivity contribution is 0.576. The molecule has 0 saturated carbocycles. The van der Waals surface area contributed by atoms with Crippen LogP contribution in [0.1, 0.15) is 49.7 Å². The molecule has 1 unspecified atom stereocenters. The van der Waals surface area contributed by atoms with Crippen molar-refractivity contribution in [3.8, 4) is 0 Å². The van der Waals surface area contributed by atoms with Crippen LogP contribution in [0.3, 0.4) is 0 Å². The van der Waals surface area contributed by atoms with Gasteiger partial charge in [0.1, 0.15) is 5.82 Å². The lowest BCUT2D eigenvalue weighted by atomic mass is 10.0. The summed E-state index contributed by atoms with van der Waals surface area (Å²) >= 11 is 0. The number of aryl methyl sites for hydroxylation is 1. The Balaban J connectivity index is 2.17. The van der Waals surface area contributed by atoms with Gasteiger partial charge < -0.3 is 9.88 Å². The molecule has 0 spiro atoms. The Bertz CT molecular complexity index is 527. The number of rotatable bonds is 7. The third-order valence-corrected chi connectivity index (χ3v) is 3.74. The Morgan fingerprint density at radius 1 is 1.30 bits per heavy atom. The summed E-state index contributed by atoms with van der Waals surface area (Å²) in [6.07, 6.45) is 7.12. The van der Waals surface area contributed by atoms with Gasteiger partial charge in [-0.1, -0.05) is 38.1 Å². The van der Waals surface area contributed by atoms with E-state index >= 15 is 0 Å². The van der Waals surface area contributed by atoms with Crippen molar-refractivity contribution in [3.05, 3.63) is 53.6 Å². The Labute approximate surface area is 122 Å². The second kappa shape index (κ2) is 7.25. The fraction of sp³-hybridized carbons (Fsp3) is 0.471. The van der Waals surface area contributed by atoms with Gasteiger partial charge in [-0.2, -0.15) is 0 Å². The molecule has 0 amide bonds. The highest BCUT2D eigenvalue weighted by Gasteiger charge is 2.08. The summed E-state index contributed by atoms with van der Waals surface area (Å²) in [5.74, 6) is 1.15. The van der Waals surface area contributed by atoms with Crippen molar-refractivity contribution in [3.63, 3.8) is 0 Å². The summed E-state index contributed by atoms with van der Waals surface area (Å²) in [5, 5.41) is 3.36. The van der Waals surface area contributed by atoms with Crippen LogP contribution in [0.4, 0.5) is 0 Å². The zero-order chi connectivity index (χ0) is 14.4. The number of imidazole rings is 1. The summed E-state index contributed by atoms with van der Waals surface area (Å²) in [5.41, 5.74) is 2.70. The first-order chi connectivity index (χ1) is 9.78. The van der Waals surface area contributed by atoms with Crippen LogP contribution in [0.2, 0.25) is 0 Å². The van der Waals surface area contributed by atoms with Gasteiger partial charge in [-0.05, 0) is 31.0 Å². The maximum absolute atomic E-state index is 4.49. The molecule has 1 aromatic carbocycles. The van der Waals surface area contributed by atoms with Gasteiger partial charge in [-0.25, -0.2) is 4.98 Å². The predicted molar refractivity (Wildman–Crippen MR) is 83.9 cm³/mol. The van der Waals surface area contributed by atoms with Gasteiger partial charge in [0.25, 0.3) is 0 Å². The Kier molecular flexibility index (Phi) is 5.36. The number of hydrogen-bond acceptors (Lipinski definition) is 2. The monoisotopic (exact) mass is 271 g/mol. The second-order valence-electron chi connectivity index (χ2n) is 5.21. The molecular weight excluding hydrogens is 246 g/mol. The predicted octanol–water partition coefficient (Wildman–Crippen LogP) is 3.55. The van der Waals surface area contributed by atoms with Crippen LogP contribution in [0, 0.1) is 0 Å². The number of hydrogen-bond donors (Lipinski definition) is 1. The van der Waals surface area contributed by atoms with Crippen molar-refractivity contribution in [2.24, 2.45) is 0 Å². The number of nitrogens with zero attached hydrogens (tertiary/aromatic N) is 2. The van der Waals surface area contributed by atoms with E-state index in [4.69, 9.17) is 0 Å². The normalized spacial score (nSPS) is 12.6. The molecule has 2 aromatic rings. The van der Waals surface area contributed by atoms with Gasteiger partial charge in [0.2, 0.25) is 0 Å². The summed E-state index contributed by atoms with van der Waals surface area (Å²) in [6, 6.07) is 9.28. The van der Waals surface area contributed by atoms with E-state index in [9.17, 15) is 0 Å². The molecule has 108 valence electrons. The van der Waals surface area contributed by atoms with Gasteiger partial charge in [0, 0.05) is 31.4 Å². The van der Waals surface area contributed by atoms with Crippen molar-refractivity contribution in [1.82, 2.24) is 14.9 Å². The minimum Gasteiger partial charge on any atom is -0.335 e. The standard InChI is InChI=1S/C17H25N3/c1-4-10-20-11-9-19-17(20)13-14-7-6-8-15(12-14)16(5-2)18-3/h6-9,11-12,16,18H,4-5,10,13H2,1-3H3. The molecule has 0 fully saturated rings. The zero-order valence-electron chi connectivity index (χ0n) is 12.8. The van der Waals surface area contributed by atoms with E-state index in [2.05, 4.69) is 59.2 Å². The van der Waals surface area contributed by atoms with Crippen LogP contribution >= 0.6 is 0 Å². The smallest absolute Gasteiger partial charge is 0.113 e. The lowest BCUT2D eigenvalue weighted by Crippen LogP contribution is -2.15. The van der Waals surface area contributed by atoms with Gasteiger partial charge in [0.15, 0.2) is 0 Å². The zero-order valence-corrected chi connectivity index (χ0v) is 12.8. The third-order valence-electron chi connectivity index (χ3n) is 3.74. The first-order valence-electron chi connectivity index (χ1n) is 7.54. The van der Waals surface area contributed by atoms with E-state index in [0.29, 0.717) is 6.04 Å². The molecule has 2 rings (SSSR count). The highest BCUT2D eigenvalue weighted by Crippen LogP contribution is 2.19. The molecule has 1 heterocycles. The maximum atomic E-state index is 4.49. The van der Waals surface area contributed by atoms with Gasteiger partial charge in [-0.15, -0.1) is 0 Å².